The maximum atomic E-state index is 13.6. The van der Waals surface area contributed by atoms with Gasteiger partial charge in [-0.2, -0.15) is 0 Å². The number of benzene rings is 2. The van der Waals surface area contributed by atoms with Crippen molar-refractivity contribution >= 4 is 51.2 Å². The smallest absolute Gasteiger partial charge is 0.177 e. The lowest BCUT2D eigenvalue weighted by molar-refractivity contribution is -0.120. The van der Waals surface area contributed by atoms with Crippen LogP contribution in [0.2, 0.25) is 0 Å². The molecule has 0 saturated heterocycles. The summed E-state index contributed by atoms with van der Waals surface area (Å²) in [6.45, 7) is 1.12. The third-order valence-corrected chi connectivity index (χ3v) is 6.01. The molecule has 0 bridgehead atoms. The minimum atomic E-state index is -0.661. The topological polar surface area (TPSA) is 54.8 Å². The fourth-order valence-corrected chi connectivity index (χ4v) is 4.59. The Bertz CT molecular complexity index is 1210. The van der Waals surface area contributed by atoms with Gasteiger partial charge in [-0.05, 0) is 43.9 Å². The molecule has 1 unspecified atom stereocenters. The van der Waals surface area contributed by atoms with Crippen molar-refractivity contribution in [2.45, 2.75) is 13.1 Å². The molecule has 2 aromatic carbocycles. The lowest BCUT2D eigenvalue weighted by Crippen LogP contribution is -2.37. The zero-order valence-electron chi connectivity index (χ0n) is 17.2. The molecule has 30 heavy (non-hydrogen) atoms. The van der Waals surface area contributed by atoms with E-state index >= 15 is 0 Å². The van der Waals surface area contributed by atoms with Gasteiger partial charge in [-0.15, -0.1) is 12.4 Å². The van der Waals surface area contributed by atoms with E-state index in [2.05, 4.69) is 18.2 Å². The number of hydroxylamine groups is 2. The average molecular weight is 426 g/mol. The minimum Gasteiger partial charge on any atom is -0.319 e. The molecule has 156 valence electrons. The molecule has 0 amide bonds. The maximum Gasteiger partial charge on any atom is 0.177 e. The van der Waals surface area contributed by atoms with E-state index in [-0.39, 0.29) is 24.0 Å². The van der Waals surface area contributed by atoms with Crippen LogP contribution in [0.3, 0.4) is 0 Å². The van der Waals surface area contributed by atoms with Crippen LogP contribution in [0.25, 0.3) is 27.2 Å². The number of hydrogen-bond donors (Lipinski definition) is 0. The largest absolute Gasteiger partial charge is 0.319 e. The van der Waals surface area contributed by atoms with Crippen LogP contribution in [-0.4, -0.2) is 53.8 Å². The SMILES string of the molecule is CON1C=C2C(=O)C(CCN(C)C)C(=O)c3c2n(c2ccc4ccccc4c32)C1.Cl. The zero-order valence-corrected chi connectivity index (χ0v) is 18.0. The number of nitrogens with zero attached hydrogens (tertiary/aromatic N) is 3. The first-order valence-corrected chi connectivity index (χ1v) is 9.81. The maximum absolute atomic E-state index is 13.6. The Labute approximate surface area is 181 Å². The van der Waals surface area contributed by atoms with E-state index in [9.17, 15) is 9.59 Å². The zero-order chi connectivity index (χ0) is 20.3. The molecule has 0 saturated carbocycles. The predicted octanol–water partition coefficient (Wildman–Crippen LogP) is 3.73. The summed E-state index contributed by atoms with van der Waals surface area (Å²) in [6.07, 6.45) is 2.25. The van der Waals surface area contributed by atoms with E-state index in [1.165, 1.54) is 0 Å². The Morgan fingerprint density at radius 2 is 1.87 bits per heavy atom. The number of carbonyl (C=O) groups is 2. The van der Waals surface area contributed by atoms with E-state index in [4.69, 9.17) is 4.84 Å². The summed E-state index contributed by atoms with van der Waals surface area (Å²) in [4.78, 5) is 34.4. The summed E-state index contributed by atoms with van der Waals surface area (Å²) in [6, 6.07) is 12.2. The van der Waals surface area contributed by atoms with Gasteiger partial charge in [-0.3, -0.25) is 14.4 Å². The number of ketones is 2. The molecule has 0 fully saturated rings. The molecule has 1 aromatic heterocycles. The van der Waals surface area contributed by atoms with E-state index in [0.29, 0.717) is 30.8 Å². The van der Waals surface area contributed by atoms with Gasteiger partial charge in [0.2, 0.25) is 0 Å². The van der Waals surface area contributed by atoms with Crippen molar-refractivity contribution in [3.05, 3.63) is 53.9 Å². The molecular formula is C23H24ClN3O3. The van der Waals surface area contributed by atoms with Crippen molar-refractivity contribution in [1.82, 2.24) is 14.5 Å². The molecule has 1 aliphatic heterocycles. The van der Waals surface area contributed by atoms with E-state index in [0.717, 1.165) is 27.4 Å². The molecule has 6 nitrogen and oxygen atoms in total. The Morgan fingerprint density at radius 1 is 1.10 bits per heavy atom. The molecule has 1 aliphatic carbocycles. The number of hydrogen-bond acceptors (Lipinski definition) is 5. The minimum absolute atomic E-state index is 0. The number of fused-ring (bicyclic) bond motifs is 5. The lowest BCUT2D eigenvalue weighted by atomic mass is 9.78. The number of aromatic nitrogens is 1. The molecule has 1 atom stereocenters. The highest BCUT2D eigenvalue weighted by Gasteiger charge is 2.43. The van der Waals surface area contributed by atoms with Crippen molar-refractivity contribution in [1.29, 1.82) is 0 Å². The van der Waals surface area contributed by atoms with Crippen LogP contribution in [0.1, 0.15) is 22.5 Å². The number of rotatable bonds is 4. The van der Waals surface area contributed by atoms with Crippen molar-refractivity contribution in [3.63, 3.8) is 0 Å². The van der Waals surface area contributed by atoms with Crippen molar-refractivity contribution in [2.24, 2.45) is 5.92 Å². The summed E-state index contributed by atoms with van der Waals surface area (Å²) in [5.74, 6) is -0.833. The highest BCUT2D eigenvalue weighted by atomic mass is 35.5. The summed E-state index contributed by atoms with van der Waals surface area (Å²) in [5, 5.41) is 4.72. The molecule has 2 heterocycles. The third kappa shape index (κ3) is 2.87. The molecule has 0 spiro atoms. The van der Waals surface area contributed by atoms with E-state index < -0.39 is 5.92 Å². The van der Waals surface area contributed by atoms with Crippen LogP contribution < -0.4 is 0 Å². The molecule has 2 aliphatic rings. The second-order valence-electron chi connectivity index (χ2n) is 7.99. The molecule has 0 radical (unpaired) electrons. The predicted molar refractivity (Wildman–Crippen MR) is 120 cm³/mol. The highest BCUT2D eigenvalue weighted by Crippen LogP contribution is 2.43. The van der Waals surface area contributed by atoms with Crippen LogP contribution in [0.15, 0.2) is 42.6 Å². The number of carbonyl (C=O) groups excluding carboxylic acids is 2. The molecule has 0 N–H and O–H groups in total. The highest BCUT2D eigenvalue weighted by molar-refractivity contribution is 6.38. The van der Waals surface area contributed by atoms with Gasteiger partial charge in [0.25, 0.3) is 0 Å². The van der Waals surface area contributed by atoms with Crippen molar-refractivity contribution < 1.29 is 14.4 Å². The van der Waals surface area contributed by atoms with Crippen molar-refractivity contribution in [2.75, 3.05) is 27.7 Å². The second-order valence-corrected chi connectivity index (χ2v) is 7.99. The fourth-order valence-electron chi connectivity index (χ4n) is 4.59. The Balaban J connectivity index is 0.00000218. The van der Waals surface area contributed by atoms with Gasteiger partial charge >= 0.3 is 0 Å². The normalized spacial score (nSPS) is 18.1. The lowest BCUT2D eigenvalue weighted by Gasteiger charge is -2.31. The van der Waals surface area contributed by atoms with Crippen LogP contribution >= 0.6 is 12.4 Å². The number of Topliss-reactive ketones (excluding diaryl/α,β-unsaturated/α-hetero) is 2. The van der Waals surface area contributed by atoms with Crippen LogP contribution in [0, 0.1) is 5.92 Å². The van der Waals surface area contributed by atoms with Crippen LogP contribution in [-0.2, 0) is 16.3 Å². The Hall–Kier alpha value is -2.67. The van der Waals surface area contributed by atoms with Gasteiger partial charge in [0.1, 0.15) is 6.67 Å². The second kappa shape index (κ2) is 7.54. The number of halogens is 1. The van der Waals surface area contributed by atoms with Gasteiger partial charge in [0.05, 0.1) is 35.4 Å². The molecule has 7 heteroatoms. The summed E-state index contributed by atoms with van der Waals surface area (Å²) >= 11 is 0. The van der Waals surface area contributed by atoms with E-state index in [1.54, 1.807) is 18.4 Å². The third-order valence-electron chi connectivity index (χ3n) is 6.01. The fraction of sp³-hybridized carbons (Fsp3) is 0.304. The average Bonchev–Trinajstić information content (AvgIpc) is 3.06. The number of allylic oxidation sites excluding steroid dienone is 1. The summed E-state index contributed by atoms with van der Waals surface area (Å²) in [7, 11) is 5.50. The monoisotopic (exact) mass is 425 g/mol. The Morgan fingerprint density at radius 3 is 2.60 bits per heavy atom. The van der Waals surface area contributed by atoms with Gasteiger partial charge in [-0.1, -0.05) is 30.3 Å². The summed E-state index contributed by atoms with van der Waals surface area (Å²) in [5.41, 5.74) is 2.94. The van der Waals surface area contributed by atoms with Crippen molar-refractivity contribution in [3.8, 4) is 0 Å². The first-order chi connectivity index (χ1) is 14.0. The van der Waals surface area contributed by atoms with Crippen LogP contribution in [0.4, 0.5) is 0 Å². The van der Waals surface area contributed by atoms with Gasteiger partial charge in [0, 0.05) is 11.6 Å². The molecular weight excluding hydrogens is 402 g/mol. The quantitative estimate of drug-likeness (QED) is 0.596. The van der Waals surface area contributed by atoms with Crippen LogP contribution in [0.5, 0.6) is 0 Å². The first kappa shape index (κ1) is 20.6. The van der Waals surface area contributed by atoms with Gasteiger partial charge in [0.15, 0.2) is 11.6 Å². The first-order valence-electron chi connectivity index (χ1n) is 9.81. The van der Waals surface area contributed by atoms with Gasteiger partial charge in [-0.25, -0.2) is 5.06 Å². The standard InChI is InChI=1S/C23H23N3O3.ClH/c1-24(2)11-10-16-22(27)17-12-25(29-3)13-26-18-9-8-14-6-4-5-7-15(14)19(18)20(21(17)26)23(16)28;/h4-9,12,16H,10-11,13H2,1-3H3;1H. The van der Waals surface area contributed by atoms with Gasteiger partial charge < -0.3 is 9.47 Å². The molecule has 5 rings (SSSR count). The summed E-state index contributed by atoms with van der Waals surface area (Å²) < 4.78 is 2.04. The molecule has 3 aromatic rings. The Kier molecular flexibility index (Phi) is 5.18. The van der Waals surface area contributed by atoms with E-state index in [1.807, 2.05) is 41.8 Å².